The van der Waals surface area contributed by atoms with Gasteiger partial charge in [-0.1, -0.05) is 12.1 Å². The van der Waals surface area contributed by atoms with Crippen molar-refractivity contribution in [3.63, 3.8) is 0 Å². The Morgan fingerprint density at radius 3 is 2.65 bits per heavy atom. The van der Waals surface area contributed by atoms with E-state index < -0.39 is 0 Å². The molecule has 0 radical (unpaired) electrons. The van der Waals surface area contributed by atoms with Crippen LogP contribution in [0.2, 0.25) is 0 Å². The highest BCUT2D eigenvalue weighted by molar-refractivity contribution is 6.02. The predicted octanol–water partition coefficient (Wildman–Crippen LogP) is 2.86. The van der Waals surface area contributed by atoms with E-state index in [0.717, 1.165) is 17.5 Å². The lowest BCUT2D eigenvalue weighted by atomic mass is 9.94. The topological polar surface area (TPSA) is 47.3 Å². The van der Waals surface area contributed by atoms with Gasteiger partial charge in [0.1, 0.15) is 0 Å². The molecular weight excluding hydrogens is 252 g/mol. The number of fused-ring (bicyclic) bond motifs is 1. The molecule has 0 unspecified atom stereocenters. The first-order valence-corrected chi connectivity index (χ1v) is 6.88. The van der Waals surface area contributed by atoms with E-state index in [9.17, 15) is 9.59 Å². The van der Waals surface area contributed by atoms with Crippen LogP contribution in [0.25, 0.3) is 0 Å². The van der Waals surface area contributed by atoms with Crippen LogP contribution in [0.5, 0.6) is 0 Å². The Hall–Kier alpha value is -2.16. The third-order valence-corrected chi connectivity index (χ3v) is 3.99. The van der Waals surface area contributed by atoms with Crippen molar-refractivity contribution in [3.8, 4) is 0 Å². The second kappa shape index (κ2) is 5.08. The molecule has 1 aromatic carbocycles. The number of rotatable bonds is 3. The smallest absolute Gasteiger partial charge is 0.338 e. The van der Waals surface area contributed by atoms with E-state index in [1.807, 2.05) is 13.0 Å². The number of benzene rings is 1. The Balaban J connectivity index is 1.90. The molecule has 0 saturated carbocycles. The van der Waals surface area contributed by atoms with Gasteiger partial charge in [-0.05, 0) is 55.0 Å². The first kappa shape index (κ1) is 12.9. The van der Waals surface area contributed by atoms with Gasteiger partial charge in [-0.3, -0.25) is 4.79 Å². The maximum absolute atomic E-state index is 12.0. The summed E-state index contributed by atoms with van der Waals surface area (Å²) in [5, 5.41) is 0. The van der Waals surface area contributed by atoms with Gasteiger partial charge in [-0.15, -0.1) is 0 Å². The van der Waals surface area contributed by atoms with Crippen LogP contribution in [0, 0.1) is 6.92 Å². The maximum Gasteiger partial charge on any atom is 0.338 e. The highest BCUT2D eigenvalue weighted by Crippen LogP contribution is 2.29. The Kier molecular flexibility index (Phi) is 3.26. The monoisotopic (exact) mass is 268 g/mol. The zero-order valence-electron chi connectivity index (χ0n) is 11.4. The van der Waals surface area contributed by atoms with Crippen LogP contribution in [0.4, 0.5) is 0 Å². The number of ketones is 1. The van der Waals surface area contributed by atoms with Crippen LogP contribution in [0.1, 0.15) is 39.0 Å². The van der Waals surface area contributed by atoms with Crippen LogP contribution in [0.15, 0.2) is 39.7 Å². The average molecular weight is 268 g/mol. The second-order valence-corrected chi connectivity index (χ2v) is 5.24. The highest BCUT2D eigenvalue weighted by Gasteiger charge is 2.24. The third kappa shape index (κ3) is 2.20. The van der Waals surface area contributed by atoms with Gasteiger partial charge in [0.15, 0.2) is 5.78 Å². The normalized spacial score (nSPS) is 13.6. The lowest BCUT2D eigenvalue weighted by molar-refractivity contribution is 0.0994. The first-order chi connectivity index (χ1) is 9.66. The van der Waals surface area contributed by atoms with Crippen LogP contribution in [-0.4, -0.2) is 5.78 Å². The van der Waals surface area contributed by atoms with Gasteiger partial charge >= 0.3 is 5.63 Å². The summed E-state index contributed by atoms with van der Waals surface area (Å²) in [5.74, 6) is 0.235. The van der Waals surface area contributed by atoms with Crippen molar-refractivity contribution in [2.45, 2.75) is 32.6 Å². The molecule has 102 valence electrons. The molecule has 1 aromatic heterocycles. The van der Waals surface area contributed by atoms with Gasteiger partial charge in [0.05, 0.1) is 6.26 Å². The van der Waals surface area contributed by atoms with Gasteiger partial charge in [0, 0.05) is 17.5 Å². The number of Topliss-reactive ketones (excluding diaryl/α,β-unsaturated/α-hetero) is 1. The van der Waals surface area contributed by atoms with Gasteiger partial charge in [-0.25, -0.2) is 4.79 Å². The molecule has 0 N–H and O–H groups in total. The molecule has 3 nitrogen and oxygen atoms in total. The summed E-state index contributed by atoms with van der Waals surface area (Å²) < 4.78 is 4.86. The van der Waals surface area contributed by atoms with E-state index in [1.54, 1.807) is 12.1 Å². The fraction of sp³-hybridized carbons (Fsp3) is 0.294. The first-order valence-electron chi connectivity index (χ1n) is 6.88. The number of aryl methyl sites for hydroxylation is 3. The average Bonchev–Trinajstić information content (AvgIpc) is 2.83. The van der Waals surface area contributed by atoms with E-state index >= 15 is 0 Å². The van der Waals surface area contributed by atoms with E-state index in [0.29, 0.717) is 24.8 Å². The molecule has 1 aliphatic rings. The standard InChI is InChI=1S/C17H16O3/c1-11-4-5-12(16-14(11)8-9-15(16)18)6-7-13-3-2-10-20-17(13)19/h2-5,10H,6-9H2,1H3. The zero-order valence-corrected chi connectivity index (χ0v) is 11.4. The molecule has 20 heavy (non-hydrogen) atoms. The Morgan fingerprint density at radius 2 is 1.85 bits per heavy atom. The Labute approximate surface area is 117 Å². The summed E-state index contributed by atoms with van der Waals surface area (Å²) >= 11 is 0. The van der Waals surface area contributed by atoms with Gasteiger partial charge < -0.3 is 4.42 Å². The zero-order chi connectivity index (χ0) is 14.1. The Morgan fingerprint density at radius 1 is 1.05 bits per heavy atom. The van der Waals surface area contributed by atoms with E-state index in [4.69, 9.17) is 4.42 Å². The molecular formula is C17H16O3. The van der Waals surface area contributed by atoms with E-state index in [1.165, 1.54) is 17.4 Å². The minimum absolute atomic E-state index is 0.235. The van der Waals surface area contributed by atoms with Crippen LogP contribution >= 0.6 is 0 Å². The number of hydrogen-bond donors (Lipinski definition) is 0. The van der Waals surface area contributed by atoms with Crippen molar-refractivity contribution in [1.82, 2.24) is 0 Å². The largest absolute Gasteiger partial charge is 0.431 e. The molecule has 0 saturated heterocycles. The molecule has 3 rings (SSSR count). The minimum Gasteiger partial charge on any atom is -0.431 e. The van der Waals surface area contributed by atoms with Crippen LogP contribution in [0.3, 0.4) is 0 Å². The quantitative estimate of drug-likeness (QED) is 0.860. The van der Waals surface area contributed by atoms with Gasteiger partial charge in [0.2, 0.25) is 0 Å². The molecule has 0 aliphatic heterocycles. The predicted molar refractivity (Wildman–Crippen MR) is 76.2 cm³/mol. The molecule has 3 heteroatoms. The highest BCUT2D eigenvalue weighted by atomic mass is 16.4. The molecule has 0 amide bonds. The number of carbonyl (C=O) groups excluding carboxylic acids is 1. The summed E-state index contributed by atoms with van der Waals surface area (Å²) in [7, 11) is 0. The lowest BCUT2D eigenvalue weighted by Gasteiger charge is -2.09. The van der Waals surface area contributed by atoms with Gasteiger partial charge in [0.25, 0.3) is 0 Å². The summed E-state index contributed by atoms with van der Waals surface area (Å²) in [6, 6.07) is 7.59. The molecule has 0 atom stereocenters. The number of hydrogen-bond acceptors (Lipinski definition) is 3. The van der Waals surface area contributed by atoms with Gasteiger partial charge in [-0.2, -0.15) is 0 Å². The second-order valence-electron chi connectivity index (χ2n) is 5.24. The number of carbonyl (C=O) groups is 1. The van der Waals surface area contributed by atoms with Crippen molar-refractivity contribution in [2.24, 2.45) is 0 Å². The Bertz CT molecular complexity index is 725. The maximum atomic E-state index is 12.0. The van der Waals surface area contributed by atoms with E-state index in [2.05, 4.69) is 6.07 Å². The molecule has 0 bridgehead atoms. The third-order valence-electron chi connectivity index (χ3n) is 3.99. The summed E-state index contributed by atoms with van der Waals surface area (Å²) in [4.78, 5) is 23.6. The van der Waals surface area contributed by atoms with Crippen molar-refractivity contribution in [2.75, 3.05) is 0 Å². The molecule has 0 fully saturated rings. The van der Waals surface area contributed by atoms with Crippen molar-refractivity contribution < 1.29 is 9.21 Å². The fourth-order valence-electron chi connectivity index (χ4n) is 2.90. The van der Waals surface area contributed by atoms with Crippen molar-refractivity contribution in [1.29, 1.82) is 0 Å². The summed E-state index contributed by atoms with van der Waals surface area (Å²) in [6.07, 6.45) is 4.15. The van der Waals surface area contributed by atoms with Crippen LogP contribution in [-0.2, 0) is 19.3 Å². The fourth-order valence-corrected chi connectivity index (χ4v) is 2.90. The summed E-state index contributed by atoms with van der Waals surface area (Å²) in [5.41, 5.74) is 4.69. The molecule has 0 spiro atoms. The molecule has 1 aliphatic carbocycles. The molecule has 2 aromatic rings. The molecule has 1 heterocycles. The SMILES string of the molecule is Cc1ccc(CCc2cccoc2=O)c2c1CCC2=O. The lowest BCUT2D eigenvalue weighted by Crippen LogP contribution is -2.09. The van der Waals surface area contributed by atoms with Crippen molar-refractivity contribution in [3.05, 3.63) is 68.8 Å². The summed E-state index contributed by atoms with van der Waals surface area (Å²) in [6.45, 7) is 2.05. The van der Waals surface area contributed by atoms with E-state index in [-0.39, 0.29) is 11.4 Å². The van der Waals surface area contributed by atoms with Crippen molar-refractivity contribution >= 4 is 5.78 Å². The van der Waals surface area contributed by atoms with Crippen LogP contribution < -0.4 is 5.63 Å². The minimum atomic E-state index is -0.289.